The Balaban J connectivity index is 2.41. The Bertz CT molecular complexity index is 138. The van der Waals surface area contributed by atoms with Crippen LogP contribution in [0, 0.1) is 5.92 Å². The van der Waals surface area contributed by atoms with E-state index in [2.05, 4.69) is 6.92 Å². The van der Waals surface area contributed by atoms with Crippen molar-refractivity contribution in [2.45, 2.75) is 39.2 Å². The molecule has 1 saturated heterocycles. The second-order valence-electron chi connectivity index (χ2n) is 3.75. The molecule has 0 N–H and O–H groups in total. The third-order valence-electron chi connectivity index (χ3n) is 2.88. The molecule has 2 atom stereocenters. The fourth-order valence-corrected chi connectivity index (χ4v) is 1.86. The lowest BCUT2D eigenvalue weighted by Gasteiger charge is -2.37. The third-order valence-corrected chi connectivity index (χ3v) is 2.88. The molecule has 0 radical (unpaired) electrons. The van der Waals surface area contributed by atoms with Crippen molar-refractivity contribution in [3.63, 3.8) is 0 Å². The van der Waals surface area contributed by atoms with E-state index in [1.165, 1.54) is 6.42 Å². The van der Waals surface area contributed by atoms with Gasteiger partial charge < -0.3 is 0 Å². The van der Waals surface area contributed by atoms with Crippen LogP contribution in [0.3, 0.4) is 0 Å². The second-order valence-corrected chi connectivity index (χ2v) is 3.75. The van der Waals surface area contributed by atoms with Gasteiger partial charge in [-0.2, -0.15) is 0 Å². The van der Waals surface area contributed by atoms with Crippen molar-refractivity contribution in [1.29, 1.82) is 0 Å². The SMILES string of the molecule is C[C@H]1CCCN(CC(F)F)[C@H]1C. The van der Waals surface area contributed by atoms with Gasteiger partial charge in [-0.15, -0.1) is 0 Å². The Hall–Kier alpha value is -0.180. The van der Waals surface area contributed by atoms with Crippen molar-refractivity contribution in [2.24, 2.45) is 5.92 Å². The van der Waals surface area contributed by atoms with Crippen LogP contribution < -0.4 is 0 Å². The molecular formula is C9H17F2N. The second kappa shape index (κ2) is 4.17. The van der Waals surface area contributed by atoms with Crippen LogP contribution in [0.1, 0.15) is 26.7 Å². The van der Waals surface area contributed by atoms with Crippen molar-refractivity contribution >= 4 is 0 Å². The minimum atomic E-state index is -2.18. The van der Waals surface area contributed by atoms with Gasteiger partial charge in [0.25, 0.3) is 6.43 Å². The summed E-state index contributed by atoms with van der Waals surface area (Å²) in [4.78, 5) is 1.90. The predicted octanol–water partition coefficient (Wildman–Crippen LogP) is 2.37. The van der Waals surface area contributed by atoms with Crippen LogP contribution in [0.5, 0.6) is 0 Å². The van der Waals surface area contributed by atoms with Gasteiger partial charge in [-0.05, 0) is 32.2 Å². The number of hydrogen-bond acceptors (Lipinski definition) is 1. The molecule has 0 bridgehead atoms. The largest absolute Gasteiger partial charge is 0.295 e. The maximum absolute atomic E-state index is 12.1. The van der Waals surface area contributed by atoms with Gasteiger partial charge in [-0.3, -0.25) is 4.90 Å². The van der Waals surface area contributed by atoms with Gasteiger partial charge >= 0.3 is 0 Å². The van der Waals surface area contributed by atoms with Crippen molar-refractivity contribution in [1.82, 2.24) is 4.90 Å². The minimum absolute atomic E-state index is 0.0501. The maximum Gasteiger partial charge on any atom is 0.251 e. The minimum Gasteiger partial charge on any atom is -0.295 e. The molecule has 1 heterocycles. The smallest absolute Gasteiger partial charge is 0.251 e. The zero-order valence-corrected chi connectivity index (χ0v) is 7.76. The van der Waals surface area contributed by atoms with E-state index >= 15 is 0 Å². The molecule has 1 aliphatic rings. The lowest BCUT2D eigenvalue weighted by Crippen LogP contribution is -2.44. The van der Waals surface area contributed by atoms with Gasteiger partial charge in [0, 0.05) is 6.04 Å². The molecule has 12 heavy (non-hydrogen) atoms. The van der Waals surface area contributed by atoms with Crippen molar-refractivity contribution in [2.75, 3.05) is 13.1 Å². The molecule has 1 nitrogen and oxygen atoms in total. The molecule has 1 rings (SSSR count). The number of halogens is 2. The summed E-state index contributed by atoms with van der Waals surface area (Å²) in [5.41, 5.74) is 0. The molecule has 72 valence electrons. The van der Waals surface area contributed by atoms with Crippen LogP contribution in [-0.2, 0) is 0 Å². The highest BCUT2D eigenvalue weighted by Crippen LogP contribution is 2.23. The number of rotatable bonds is 2. The van der Waals surface area contributed by atoms with Crippen molar-refractivity contribution in [3.05, 3.63) is 0 Å². The number of nitrogens with zero attached hydrogens (tertiary/aromatic N) is 1. The zero-order chi connectivity index (χ0) is 9.14. The first-order chi connectivity index (χ1) is 5.61. The molecule has 0 aromatic heterocycles. The van der Waals surface area contributed by atoms with Crippen LogP contribution in [-0.4, -0.2) is 30.5 Å². The van der Waals surface area contributed by atoms with Gasteiger partial charge in [-0.1, -0.05) is 6.92 Å². The molecule has 0 aliphatic carbocycles. The van der Waals surface area contributed by atoms with Crippen molar-refractivity contribution in [3.8, 4) is 0 Å². The number of likely N-dealkylation sites (tertiary alicyclic amines) is 1. The fourth-order valence-electron chi connectivity index (χ4n) is 1.86. The standard InChI is InChI=1S/C9H17F2N/c1-7-4-3-5-12(8(7)2)6-9(10)11/h7-9H,3-6H2,1-2H3/t7-,8-/m0/s1. The van der Waals surface area contributed by atoms with Gasteiger partial charge in [0.1, 0.15) is 0 Å². The van der Waals surface area contributed by atoms with E-state index < -0.39 is 6.43 Å². The summed E-state index contributed by atoms with van der Waals surface area (Å²) in [5.74, 6) is 0.567. The normalized spacial score (nSPS) is 32.8. The average Bonchev–Trinajstić information content (AvgIpc) is 1.98. The van der Waals surface area contributed by atoms with E-state index in [9.17, 15) is 8.78 Å². The Kier molecular flexibility index (Phi) is 3.44. The number of hydrogen-bond donors (Lipinski definition) is 0. The Morgan fingerprint density at radius 2 is 2.08 bits per heavy atom. The quantitative estimate of drug-likeness (QED) is 0.626. The first kappa shape index (κ1) is 9.90. The van der Waals surface area contributed by atoms with Gasteiger partial charge in [0.15, 0.2) is 0 Å². The molecule has 0 aromatic carbocycles. The van der Waals surface area contributed by atoms with E-state index in [1.807, 2.05) is 11.8 Å². The average molecular weight is 177 g/mol. The van der Waals surface area contributed by atoms with Crippen LogP contribution in [0.25, 0.3) is 0 Å². The van der Waals surface area contributed by atoms with Gasteiger partial charge in [-0.25, -0.2) is 8.78 Å². The Morgan fingerprint density at radius 3 is 2.67 bits per heavy atom. The topological polar surface area (TPSA) is 3.24 Å². The van der Waals surface area contributed by atoms with Gasteiger partial charge in [0.05, 0.1) is 6.54 Å². The molecule has 0 aromatic rings. The predicted molar refractivity (Wildman–Crippen MR) is 45.4 cm³/mol. The molecule has 1 fully saturated rings. The highest BCUT2D eigenvalue weighted by atomic mass is 19.3. The summed E-state index contributed by atoms with van der Waals surface area (Å²) in [6.45, 7) is 4.98. The van der Waals surface area contributed by atoms with Crippen LogP contribution in [0.15, 0.2) is 0 Å². The number of alkyl halides is 2. The van der Waals surface area contributed by atoms with E-state index in [4.69, 9.17) is 0 Å². The highest BCUT2D eigenvalue weighted by molar-refractivity contribution is 4.78. The lowest BCUT2D eigenvalue weighted by molar-refractivity contribution is 0.0361. The van der Waals surface area contributed by atoms with Crippen molar-refractivity contribution < 1.29 is 8.78 Å². The fraction of sp³-hybridized carbons (Fsp3) is 1.00. The molecule has 1 aliphatic heterocycles. The molecule has 0 unspecified atom stereocenters. The summed E-state index contributed by atoms with van der Waals surface area (Å²) in [6.07, 6.45) is 0.0665. The summed E-state index contributed by atoms with van der Waals surface area (Å²) in [7, 11) is 0. The molecule has 0 spiro atoms. The molecule has 3 heteroatoms. The Labute approximate surface area is 72.7 Å². The summed E-state index contributed by atoms with van der Waals surface area (Å²) in [5, 5.41) is 0. The summed E-state index contributed by atoms with van der Waals surface area (Å²) in [6, 6.07) is 0.327. The first-order valence-electron chi connectivity index (χ1n) is 4.63. The van der Waals surface area contributed by atoms with E-state index in [-0.39, 0.29) is 6.54 Å². The maximum atomic E-state index is 12.1. The van der Waals surface area contributed by atoms with Crippen LogP contribution >= 0.6 is 0 Å². The summed E-state index contributed by atoms with van der Waals surface area (Å²) >= 11 is 0. The van der Waals surface area contributed by atoms with Crippen LogP contribution in [0.2, 0.25) is 0 Å². The van der Waals surface area contributed by atoms with E-state index in [1.54, 1.807) is 0 Å². The van der Waals surface area contributed by atoms with E-state index in [0.29, 0.717) is 12.0 Å². The third kappa shape index (κ3) is 2.41. The van der Waals surface area contributed by atoms with Gasteiger partial charge in [0.2, 0.25) is 0 Å². The molecular weight excluding hydrogens is 160 g/mol. The first-order valence-corrected chi connectivity index (χ1v) is 4.63. The molecule has 0 saturated carbocycles. The monoisotopic (exact) mass is 177 g/mol. The summed E-state index contributed by atoms with van der Waals surface area (Å²) < 4.78 is 24.2. The molecule has 0 amide bonds. The number of piperidine rings is 1. The lowest BCUT2D eigenvalue weighted by atomic mass is 9.92. The Morgan fingerprint density at radius 1 is 1.42 bits per heavy atom. The van der Waals surface area contributed by atoms with Crippen LogP contribution in [0.4, 0.5) is 8.78 Å². The van der Waals surface area contributed by atoms with E-state index in [0.717, 1.165) is 13.0 Å². The highest BCUT2D eigenvalue weighted by Gasteiger charge is 2.26. The zero-order valence-electron chi connectivity index (χ0n) is 7.76.